The van der Waals surface area contributed by atoms with Gasteiger partial charge in [0.2, 0.25) is 10.0 Å². The largest absolute Gasteiger partial charge is 0.317 e. The van der Waals surface area contributed by atoms with Crippen molar-refractivity contribution in [2.24, 2.45) is 5.92 Å². The van der Waals surface area contributed by atoms with Gasteiger partial charge in [-0.15, -0.1) is 0 Å². The van der Waals surface area contributed by atoms with Crippen LogP contribution in [-0.2, 0) is 10.0 Å². The number of nitrogens with one attached hydrogen (secondary N) is 1. The van der Waals surface area contributed by atoms with Crippen LogP contribution in [0.15, 0.2) is 0 Å². The number of piperidine rings is 1. The molecule has 1 N–H and O–H groups in total. The summed E-state index contributed by atoms with van der Waals surface area (Å²) in [5.74, 6) is 0.759. The average Bonchev–Trinajstić information content (AvgIpc) is 2.35. The van der Waals surface area contributed by atoms with E-state index >= 15 is 0 Å². The van der Waals surface area contributed by atoms with Crippen LogP contribution >= 0.6 is 0 Å². The molecule has 0 aliphatic carbocycles. The first-order chi connectivity index (χ1) is 8.05. The number of hydrogen-bond donors (Lipinski definition) is 1. The molecule has 1 aliphatic rings. The molecule has 0 saturated carbocycles. The highest BCUT2D eigenvalue weighted by molar-refractivity contribution is 7.89. The second kappa shape index (κ2) is 6.71. The van der Waals surface area contributed by atoms with Crippen LogP contribution in [0.4, 0.5) is 0 Å². The molecule has 2 atom stereocenters. The zero-order valence-electron chi connectivity index (χ0n) is 11.3. The number of sulfonamides is 1. The third-order valence-electron chi connectivity index (χ3n) is 3.74. The summed E-state index contributed by atoms with van der Waals surface area (Å²) in [7, 11) is -1.05. The van der Waals surface area contributed by atoms with Crippen LogP contribution in [-0.4, -0.2) is 44.7 Å². The second-order valence-electron chi connectivity index (χ2n) is 4.88. The number of rotatable bonds is 6. The first-order valence-electron chi connectivity index (χ1n) is 6.70. The highest BCUT2D eigenvalue weighted by Crippen LogP contribution is 2.22. The molecule has 1 heterocycles. The minimum Gasteiger partial charge on any atom is -0.317 e. The normalized spacial score (nSPS) is 27.2. The molecule has 17 heavy (non-hydrogen) atoms. The number of unbranched alkanes of at least 4 members (excludes halogenated alkanes) is 1. The fraction of sp³-hybridized carbons (Fsp3) is 1.00. The van der Waals surface area contributed by atoms with Crippen LogP contribution < -0.4 is 5.32 Å². The summed E-state index contributed by atoms with van der Waals surface area (Å²) in [4.78, 5) is 0. The molecule has 5 heteroatoms. The second-order valence-corrected chi connectivity index (χ2v) is 6.97. The monoisotopic (exact) mass is 262 g/mol. The molecule has 0 aromatic heterocycles. The maximum Gasteiger partial charge on any atom is 0.214 e. The average molecular weight is 262 g/mol. The number of nitrogens with zero attached hydrogens (tertiary/aromatic N) is 1. The van der Waals surface area contributed by atoms with E-state index in [9.17, 15) is 8.42 Å². The Kier molecular flexibility index (Phi) is 5.89. The Labute approximate surface area is 106 Å². The third-order valence-corrected chi connectivity index (χ3v) is 5.66. The van der Waals surface area contributed by atoms with Crippen molar-refractivity contribution in [3.63, 3.8) is 0 Å². The van der Waals surface area contributed by atoms with Crippen molar-refractivity contribution in [3.8, 4) is 0 Å². The lowest BCUT2D eigenvalue weighted by molar-refractivity contribution is 0.209. The minimum atomic E-state index is -3.01. The van der Waals surface area contributed by atoms with Gasteiger partial charge in [-0.3, -0.25) is 0 Å². The first kappa shape index (κ1) is 14.9. The van der Waals surface area contributed by atoms with E-state index in [2.05, 4.69) is 12.2 Å². The fourth-order valence-electron chi connectivity index (χ4n) is 2.50. The van der Waals surface area contributed by atoms with Crippen LogP contribution in [0.25, 0.3) is 0 Å². The van der Waals surface area contributed by atoms with Gasteiger partial charge in [-0.1, -0.05) is 26.7 Å². The van der Waals surface area contributed by atoms with Gasteiger partial charge in [0, 0.05) is 19.1 Å². The van der Waals surface area contributed by atoms with Crippen molar-refractivity contribution in [2.75, 3.05) is 25.9 Å². The lowest BCUT2D eigenvalue weighted by atomic mass is 9.91. The zero-order valence-corrected chi connectivity index (χ0v) is 12.1. The lowest BCUT2D eigenvalue weighted by Crippen LogP contribution is -2.50. The molecular weight excluding hydrogens is 236 g/mol. The SMILES string of the molecule is CCCCS(=O)(=O)N1CCC(NC)C(CC)C1. The van der Waals surface area contributed by atoms with Crippen molar-refractivity contribution in [1.82, 2.24) is 9.62 Å². The van der Waals surface area contributed by atoms with Gasteiger partial charge < -0.3 is 5.32 Å². The highest BCUT2D eigenvalue weighted by Gasteiger charge is 2.32. The van der Waals surface area contributed by atoms with E-state index < -0.39 is 10.0 Å². The first-order valence-corrected chi connectivity index (χ1v) is 8.31. The summed E-state index contributed by atoms with van der Waals surface area (Å²) in [5, 5.41) is 3.30. The smallest absolute Gasteiger partial charge is 0.214 e. The van der Waals surface area contributed by atoms with Gasteiger partial charge in [0.1, 0.15) is 0 Å². The van der Waals surface area contributed by atoms with Crippen LogP contribution in [0.3, 0.4) is 0 Å². The number of hydrogen-bond acceptors (Lipinski definition) is 3. The molecule has 1 saturated heterocycles. The topological polar surface area (TPSA) is 49.4 Å². The van der Waals surface area contributed by atoms with E-state index in [1.165, 1.54) is 0 Å². The van der Waals surface area contributed by atoms with Gasteiger partial charge in [-0.25, -0.2) is 12.7 Å². The van der Waals surface area contributed by atoms with E-state index in [4.69, 9.17) is 0 Å². The predicted octanol–water partition coefficient (Wildman–Crippen LogP) is 1.44. The van der Waals surface area contributed by atoms with Crippen molar-refractivity contribution < 1.29 is 8.42 Å². The van der Waals surface area contributed by atoms with Gasteiger partial charge in [0.15, 0.2) is 0 Å². The Balaban J connectivity index is 2.62. The van der Waals surface area contributed by atoms with Gasteiger partial charge in [0.05, 0.1) is 5.75 Å². The van der Waals surface area contributed by atoms with Crippen molar-refractivity contribution in [1.29, 1.82) is 0 Å². The standard InChI is InChI=1S/C12H26N2O2S/c1-4-6-9-17(15,16)14-8-7-12(13-3)11(5-2)10-14/h11-13H,4-10H2,1-3H3. The third kappa shape index (κ3) is 3.93. The fourth-order valence-corrected chi connectivity index (χ4v) is 4.21. The zero-order chi connectivity index (χ0) is 12.9. The molecule has 4 nitrogen and oxygen atoms in total. The molecule has 0 bridgehead atoms. The van der Waals surface area contributed by atoms with E-state index in [1.54, 1.807) is 4.31 Å². The maximum absolute atomic E-state index is 12.1. The summed E-state index contributed by atoms with van der Waals surface area (Å²) in [6.45, 7) is 5.52. The molecule has 1 rings (SSSR count). The van der Waals surface area contributed by atoms with E-state index in [1.807, 2.05) is 14.0 Å². The molecule has 1 aliphatic heterocycles. The summed E-state index contributed by atoms with van der Waals surface area (Å²) >= 11 is 0. The maximum atomic E-state index is 12.1. The molecule has 0 radical (unpaired) electrons. The Hall–Kier alpha value is -0.130. The van der Waals surface area contributed by atoms with Crippen molar-refractivity contribution in [2.45, 2.75) is 45.6 Å². The van der Waals surface area contributed by atoms with Crippen LogP contribution in [0, 0.1) is 5.92 Å². The quantitative estimate of drug-likeness (QED) is 0.788. The summed E-state index contributed by atoms with van der Waals surface area (Å²) in [5.41, 5.74) is 0. The van der Waals surface area contributed by atoms with Crippen LogP contribution in [0.2, 0.25) is 0 Å². The molecule has 0 aromatic carbocycles. The van der Waals surface area contributed by atoms with Crippen molar-refractivity contribution >= 4 is 10.0 Å². The van der Waals surface area contributed by atoms with Crippen molar-refractivity contribution in [3.05, 3.63) is 0 Å². The van der Waals surface area contributed by atoms with Crippen LogP contribution in [0.5, 0.6) is 0 Å². The Morgan fingerprint density at radius 3 is 2.59 bits per heavy atom. The lowest BCUT2D eigenvalue weighted by Gasteiger charge is -2.37. The molecule has 2 unspecified atom stereocenters. The molecule has 0 aromatic rings. The molecule has 0 spiro atoms. The molecule has 0 amide bonds. The molecule has 1 fully saturated rings. The summed E-state index contributed by atoms with van der Waals surface area (Å²) in [6.07, 6.45) is 3.67. The Morgan fingerprint density at radius 2 is 2.06 bits per heavy atom. The summed E-state index contributed by atoms with van der Waals surface area (Å²) < 4.78 is 25.9. The summed E-state index contributed by atoms with van der Waals surface area (Å²) in [6, 6.07) is 0.470. The van der Waals surface area contributed by atoms with Crippen LogP contribution in [0.1, 0.15) is 39.5 Å². The van der Waals surface area contributed by atoms with Gasteiger partial charge >= 0.3 is 0 Å². The molecule has 102 valence electrons. The van der Waals surface area contributed by atoms with E-state index in [0.29, 0.717) is 30.8 Å². The Morgan fingerprint density at radius 1 is 1.35 bits per heavy atom. The molecular formula is C12H26N2O2S. The van der Waals surface area contributed by atoms with Gasteiger partial charge in [0.25, 0.3) is 0 Å². The predicted molar refractivity (Wildman–Crippen MR) is 71.5 cm³/mol. The highest BCUT2D eigenvalue weighted by atomic mass is 32.2. The van der Waals surface area contributed by atoms with Gasteiger partial charge in [-0.05, 0) is 25.8 Å². The van der Waals surface area contributed by atoms with E-state index in [-0.39, 0.29) is 0 Å². The Bertz CT molecular complexity index is 316. The minimum absolute atomic E-state index is 0.310. The van der Waals surface area contributed by atoms with E-state index in [0.717, 1.165) is 25.7 Å². The van der Waals surface area contributed by atoms with Gasteiger partial charge in [-0.2, -0.15) is 0 Å².